The average Bonchev–Trinajstić information content (AvgIpc) is 2.29. The number of amides is 2. The maximum Gasteiger partial charge on any atom is 0.317 e. The summed E-state index contributed by atoms with van der Waals surface area (Å²) in [6.45, 7) is 8.90. The van der Waals surface area contributed by atoms with Crippen LogP contribution in [0.25, 0.3) is 0 Å². The van der Waals surface area contributed by atoms with Gasteiger partial charge in [-0.25, -0.2) is 4.79 Å². The Labute approximate surface area is 109 Å². The lowest BCUT2D eigenvalue weighted by molar-refractivity contribution is 0.124. The number of carbonyl (C=O) groups excluding carboxylic acids is 1. The van der Waals surface area contributed by atoms with Gasteiger partial charge in [0.1, 0.15) is 5.84 Å². The van der Waals surface area contributed by atoms with Crippen LogP contribution in [0.15, 0.2) is 0 Å². The van der Waals surface area contributed by atoms with Crippen molar-refractivity contribution in [1.29, 1.82) is 5.41 Å². The van der Waals surface area contributed by atoms with E-state index in [0.717, 1.165) is 19.5 Å². The maximum atomic E-state index is 11.8. The Balaban J connectivity index is 2.45. The summed E-state index contributed by atoms with van der Waals surface area (Å²) in [5.41, 5.74) is 5.59. The second-order valence-electron chi connectivity index (χ2n) is 5.01. The van der Waals surface area contributed by atoms with E-state index in [2.05, 4.69) is 10.2 Å². The summed E-state index contributed by atoms with van der Waals surface area (Å²) < 4.78 is 0. The third-order valence-corrected chi connectivity index (χ3v) is 3.20. The molecule has 1 saturated heterocycles. The molecule has 6 heteroatoms. The number of hydrogen-bond acceptors (Lipinski definition) is 3. The van der Waals surface area contributed by atoms with Crippen LogP contribution in [0.5, 0.6) is 0 Å². The topological polar surface area (TPSA) is 85.5 Å². The molecule has 0 aliphatic carbocycles. The van der Waals surface area contributed by atoms with Crippen molar-refractivity contribution in [3.63, 3.8) is 0 Å². The number of nitrogens with zero attached hydrogens (tertiary/aromatic N) is 2. The van der Waals surface area contributed by atoms with Gasteiger partial charge in [0.2, 0.25) is 0 Å². The van der Waals surface area contributed by atoms with Gasteiger partial charge in [0.05, 0.1) is 6.04 Å². The standard InChI is InChI=1S/C12H25N5O/c1-4-10(11(13)14)16-5-7-17(8-6-16)12(18)15-9(2)3/h9-10H,4-8H2,1-3H3,(H3,13,14)(H,15,18). The number of urea groups is 1. The van der Waals surface area contributed by atoms with Gasteiger partial charge in [-0.05, 0) is 20.3 Å². The fourth-order valence-electron chi connectivity index (χ4n) is 2.25. The first kappa shape index (κ1) is 14.8. The van der Waals surface area contributed by atoms with E-state index in [1.165, 1.54) is 0 Å². The fourth-order valence-corrected chi connectivity index (χ4v) is 2.25. The Morgan fingerprint density at radius 2 is 1.89 bits per heavy atom. The van der Waals surface area contributed by atoms with Gasteiger partial charge in [0.25, 0.3) is 0 Å². The molecule has 0 saturated carbocycles. The van der Waals surface area contributed by atoms with Crippen LogP contribution in [0.4, 0.5) is 4.79 Å². The van der Waals surface area contributed by atoms with Gasteiger partial charge in [-0.1, -0.05) is 6.92 Å². The van der Waals surface area contributed by atoms with Gasteiger partial charge in [0.15, 0.2) is 0 Å². The number of amidine groups is 1. The number of piperazine rings is 1. The van der Waals surface area contributed by atoms with Gasteiger partial charge in [-0.15, -0.1) is 0 Å². The van der Waals surface area contributed by atoms with E-state index in [1.807, 2.05) is 25.7 Å². The molecule has 2 amide bonds. The first-order valence-corrected chi connectivity index (χ1v) is 6.59. The van der Waals surface area contributed by atoms with Crippen LogP contribution in [-0.2, 0) is 0 Å². The quantitative estimate of drug-likeness (QED) is 0.503. The summed E-state index contributed by atoms with van der Waals surface area (Å²) in [6.07, 6.45) is 0.841. The molecule has 0 bridgehead atoms. The van der Waals surface area contributed by atoms with Crippen molar-refractivity contribution in [2.45, 2.75) is 39.3 Å². The summed E-state index contributed by atoms with van der Waals surface area (Å²) in [5.74, 6) is 0.220. The molecule has 1 fully saturated rings. The van der Waals surface area contributed by atoms with Crippen LogP contribution in [0.2, 0.25) is 0 Å². The molecule has 0 spiro atoms. The Morgan fingerprint density at radius 3 is 2.28 bits per heavy atom. The zero-order valence-electron chi connectivity index (χ0n) is 11.6. The Bertz CT molecular complexity index is 297. The normalized spacial score (nSPS) is 18.8. The zero-order valence-corrected chi connectivity index (χ0v) is 11.6. The van der Waals surface area contributed by atoms with Gasteiger partial charge in [-0.2, -0.15) is 0 Å². The molecular formula is C12H25N5O. The molecule has 0 radical (unpaired) electrons. The summed E-state index contributed by atoms with van der Waals surface area (Å²) in [5, 5.41) is 10.5. The minimum Gasteiger partial charge on any atom is -0.386 e. The molecule has 0 aromatic carbocycles. The number of nitrogens with one attached hydrogen (secondary N) is 2. The predicted octanol–water partition coefficient (Wildman–Crippen LogP) is 0.437. The van der Waals surface area contributed by atoms with Crippen molar-refractivity contribution in [1.82, 2.24) is 15.1 Å². The van der Waals surface area contributed by atoms with E-state index < -0.39 is 0 Å². The van der Waals surface area contributed by atoms with Crippen LogP contribution in [0, 0.1) is 5.41 Å². The fraction of sp³-hybridized carbons (Fsp3) is 0.833. The monoisotopic (exact) mass is 255 g/mol. The third kappa shape index (κ3) is 3.87. The van der Waals surface area contributed by atoms with Crippen LogP contribution in [-0.4, -0.2) is 59.9 Å². The smallest absolute Gasteiger partial charge is 0.317 e. The minimum atomic E-state index is 0.000485. The van der Waals surface area contributed by atoms with Gasteiger partial charge in [-0.3, -0.25) is 10.3 Å². The minimum absolute atomic E-state index is 0.000485. The number of rotatable bonds is 4. The molecule has 1 heterocycles. The van der Waals surface area contributed by atoms with Crippen LogP contribution in [0.1, 0.15) is 27.2 Å². The predicted molar refractivity (Wildman–Crippen MR) is 72.8 cm³/mol. The molecule has 0 aromatic heterocycles. The van der Waals surface area contributed by atoms with Crippen LogP contribution < -0.4 is 11.1 Å². The SMILES string of the molecule is CCC(C(=N)N)N1CCN(C(=O)NC(C)C)CC1. The summed E-state index contributed by atoms with van der Waals surface area (Å²) in [6, 6.07) is 0.178. The Morgan fingerprint density at radius 1 is 1.33 bits per heavy atom. The van der Waals surface area contributed by atoms with Gasteiger partial charge >= 0.3 is 6.03 Å². The molecule has 1 aliphatic rings. The van der Waals surface area contributed by atoms with E-state index in [4.69, 9.17) is 11.1 Å². The first-order chi connectivity index (χ1) is 8.45. The van der Waals surface area contributed by atoms with Crippen molar-refractivity contribution in [3.05, 3.63) is 0 Å². The molecule has 1 aliphatic heterocycles. The molecule has 1 rings (SSSR count). The lowest BCUT2D eigenvalue weighted by atomic mass is 10.1. The highest BCUT2D eigenvalue weighted by atomic mass is 16.2. The van der Waals surface area contributed by atoms with E-state index >= 15 is 0 Å². The molecular weight excluding hydrogens is 230 g/mol. The van der Waals surface area contributed by atoms with E-state index in [-0.39, 0.29) is 24.0 Å². The summed E-state index contributed by atoms with van der Waals surface area (Å²) >= 11 is 0. The van der Waals surface area contributed by atoms with Crippen LogP contribution >= 0.6 is 0 Å². The van der Waals surface area contributed by atoms with E-state index in [1.54, 1.807) is 0 Å². The molecule has 1 atom stereocenters. The highest BCUT2D eigenvalue weighted by molar-refractivity contribution is 5.82. The molecule has 6 nitrogen and oxygen atoms in total. The number of nitrogens with two attached hydrogens (primary N) is 1. The number of carbonyl (C=O) groups is 1. The largest absolute Gasteiger partial charge is 0.386 e. The molecule has 4 N–H and O–H groups in total. The van der Waals surface area contributed by atoms with E-state index in [0.29, 0.717) is 13.1 Å². The van der Waals surface area contributed by atoms with Crippen molar-refractivity contribution in [2.24, 2.45) is 5.73 Å². The van der Waals surface area contributed by atoms with Crippen LogP contribution in [0.3, 0.4) is 0 Å². The number of hydrogen-bond donors (Lipinski definition) is 3. The van der Waals surface area contributed by atoms with Crippen molar-refractivity contribution < 1.29 is 4.79 Å². The summed E-state index contributed by atoms with van der Waals surface area (Å²) in [7, 11) is 0. The Hall–Kier alpha value is -1.30. The van der Waals surface area contributed by atoms with E-state index in [9.17, 15) is 4.79 Å². The zero-order chi connectivity index (χ0) is 13.7. The van der Waals surface area contributed by atoms with Crippen molar-refractivity contribution >= 4 is 11.9 Å². The van der Waals surface area contributed by atoms with Crippen molar-refractivity contribution in [2.75, 3.05) is 26.2 Å². The molecule has 1 unspecified atom stereocenters. The Kier molecular flexibility index (Phi) is 5.40. The first-order valence-electron chi connectivity index (χ1n) is 6.59. The molecule has 18 heavy (non-hydrogen) atoms. The second kappa shape index (κ2) is 6.58. The highest BCUT2D eigenvalue weighted by Crippen LogP contribution is 2.09. The maximum absolute atomic E-state index is 11.8. The highest BCUT2D eigenvalue weighted by Gasteiger charge is 2.26. The average molecular weight is 255 g/mol. The lowest BCUT2D eigenvalue weighted by Crippen LogP contribution is -2.57. The lowest BCUT2D eigenvalue weighted by Gasteiger charge is -2.38. The molecule has 104 valence electrons. The second-order valence-corrected chi connectivity index (χ2v) is 5.01. The third-order valence-electron chi connectivity index (χ3n) is 3.20. The van der Waals surface area contributed by atoms with Crippen molar-refractivity contribution in [3.8, 4) is 0 Å². The summed E-state index contributed by atoms with van der Waals surface area (Å²) in [4.78, 5) is 15.8. The molecule has 0 aromatic rings. The van der Waals surface area contributed by atoms with Gasteiger partial charge in [0, 0.05) is 32.2 Å². The van der Waals surface area contributed by atoms with Gasteiger partial charge < -0.3 is 16.0 Å².